The van der Waals surface area contributed by atoms with Gasteiger partial charge in [-0.15, -0.1) is 11.3 Å². The number of benzene rings is 1. The smallest absolute Gasteiger partial charge is 0.314 e. The fraction of sp³-hybridized carbons (Fsp3) is 0.476. The molecule has 1 fully saturated rings. The quantitative estimate of drug-likeness (QED) is 0.682. The minimum absolute atomic E-state index is 0.0441. The van der Waals surface area contributed by atoms with Crippen LogP contribution in [0.2, 0.25) is 0 Å². The van der Waals surface area contributed by atoms with E-state index in [1.165, 1.54) is 23.5 Å². The number of aromatic nitrogens is 1. The van der Waals surface area contributed by atoms with Crippen LogP contribution in [0, 0.1) is 30.9 Å². The van der Waals surface area contributed by atoms with Gasteiger partial charge in [0.15, 0.2) is 0 Å². The van der Waals surface area contributed by atoms with E-state index in [4.69, 9.17) is 4.74 Å². The Balaban J connectivity index is 1.92. The monoisotopic (exact) mass is 422 g/mol. The summed E-state index contributed by atoms with van der Waals surface area (Å²) < 4.78 is 32.9. The molecule has 0 spiro atoms. The van der Waals surface area contributed by atoms with Gasteiger partial charge in [0.05, 0.1) is 22.7 Å². The molecule has 5 nitrogen and oxygen atoms in total. The zero-order valence-electron chi connectivity index (χ0n) is 16.8. The molecule has 0 radical (unpaired) electrons. The van der Waals surface area contributed by atoms with Gasteiger partial charge in [-0.3, -0.25) is 9.59 Å². The normalized spacial score (nSPS) is 19.3. The summed E-state index contributed by atoms with van der Waals surface area (Å²) in [5.74, 6) is -2.02. The van der Waals surface area contributed by atoms with Crippen LogP contribution in [0.1, 0.15) is 45.7 Å². The molecule has 1 aliphatic rings. The molecule has 0 saturated carbocycles. The van der Waals surface area contributed by atoms with Gasteiger partial charge in [0.25, 0.3) is 5.91 Å². The van der Waals surface area contributed by atoms with Gasteiger partial charge in [-0.2, -0.15) is 0 Å². The number of nitrogens with zero attached hydrogens (tertiary/aromatic N) is 2. The van der Waals surface area contributed by atoms with E-state index in [-0.39, 0.29) is 31.0 Å². The molecule has 8 heteroatoms. The molecule has 1 atom stereocenters. The van der Waals surface area contributed by atoms with Gasteiger partial charge in [-0.25, -0.2) is 13.8 Å². The van der Waals surface area contributed by atoms with Crippen molar-refractivity contribution in [3.8, 4) is 0 Å². The van der Waals surface area contributed by atoms with Crippen LogP contribution in [0.4, 0.5) is 8.78 Å². The lowest BCUT2D eigenvalue weighted by molar-refractivity contribution is -0.158. The van der Waals surface area contributed by atoms with E-state index < -0.39 is 23.0 Å². The Kier molecular flexibility index (Phi) is 6.31. The van der Waals surface area contributed by atoms with Crippen LogP contribution < -0.4 is 0 Å². The highest BCUT2D eigenvalue weighted by molar-refractivity contribution is 7.13. The summed E-state index contributed by atoms with van der Waals surface area (Å²) in [4.78, 5) is 32.5. The maximum absolute atomic E-state index is 14.3. The minimum Gasteiger partial charge on any atom is -0.466 e. The molecule has 1 aliphatic heterocycles. The lowest BCUT2D eigenvalue weighted by Crippen LogP contribution is -2.51. The van der Waals surface area contributed by atoms with Crippen molar-refractivity contribution in [2.45, 2.75) is 40.0 Å². The topological polar surface area (TPSA) is 59.5 Å². The van der Waals surface area contributed by atoms with Crippen LogP contribution in [0.15, 0.2) is 18.2 Å². The Hall–Kier alpha value is -2.35. The van der Waals surface area contributed by atoms with Crippen LogP contribution in [-0.4, -0.2) is 41.5 Å². The number of halogens is 2. The lowest BCUT2D eigenvalue weighted by Gasteiger charge is -2.41. The van der Waals surface area contributed by atoms with Gasteiger partial charge in [0, 0.05) is 19.2 Å². The summed E-state index contributed by atoms with van der Waals surface area (Å²) in [7, 11) is 0. The number of amides is 1. The van der Waals surface area contributed by atoms with Crippen molar-refractivity contribution in [2.24, 2.45) is 5.41 Å². The Morgan fingerprint density at radius 1 is 1.31 bits per heavy atom. The first-order valence-corrected chi connectivity index (χ1v) is 10.4. The second-order valence-electron chi connectivity index (χ2n) is 7.39. The average Bonchev–Trinajstić information content (AvgIpc) is 3.02. The standard InChI is InChI=1S/C21H24F2N2O3S/c1-4-28-20(27)21(11-15-6-7-16(22)10-17(15)23)8-5-9-25(12-21)19(26)18-13(2)24-14(3)29-18/h6-7,10H,4-5,8-9,11-12H2,1-3H3. The lowest BCUT2D eigenvalue weighted by atomic mass is 9.75. The van der Waals surface area contributed by atoms with Crippen LogP contribution >= 0.6 is 11.3 Å². The molecular formula is C21H24F2N2O3S. The Bertz CT molecular complexity index is 931. The second kappa shape index (κ2) is 8.57. The second-order valence-corrected chi connectivity index (χ2v) is 8.59. The van der Waals surface area contributed by atoms with E-state index in [0.717, 1.165) is 11.1 Å². The van der Waals surface area contributed by atoms with Crippen LogP contribution in [0.25, 0.3) is 0 Å². The summed E-state index contributed by atoms with van der Waals surface area (Å²) in [5, 5.41) is 0.799. The maximum atomic E-state index is 14.3. The van der Waals surface area contributed by atoms with Crippen molar-refractivity contribution in [2.75, 3.05) is 19.7 Å². The molecule has 29 heavy (non-hydrogen) atoms. The number of rotatable bonds is 5. The van der Waals surface area contributed by atoms with Crippen LogP contribution in [0.3, 0.4) is 0 Å². The fourth-order valence-corrected chi connectivity index (χ4v) is 4.76. The van der Waals surface area contributed by atoms with Crippen molar-refractivity contribution in [3.05, 3.63) is 51.0 Å². The van der Waals surface area contributed by atoms with Gasteiger partial charge >= 0.3 is 5.97 Å². The van der Waals surface area contributed by atoms with Gasteiger partial charge < -0.3 is 9.64 Å². The highest BCUT2D eigenvalue weighted by atomic mass is 32.1. The third-order valence-corrected chi connectivity index (χ3v) is 6.28. The van der Waals surface area contributed by atoms with E-state index >= 15 is 0 Å². The van der Waals surface area contributed by atoms with Crippen molar-refractivity contribution in [1.29, 1.82) is 0 Å². The van der Waals surface area contributed by atoms with Gasteiger partial charge in [0.2, 0.25) is 0 Å². The minimum atomic E-state index is -1.07. The van der Waals surface area contributed by atoms with Gasteiger partial charge in [-0.05, 0) is 51.7 Å². The van der Waals surface area contributed by atoms with E-state index in [1.54, 1.807) is 18.7 Å². The van der Waals surface area contributed by atoms with E-state index in [2.05, 4.69) is 4.98 Å². The first-order chi connectivity index (χ1) is 13.8. The summed E-state index contributed by atoms with van der Waals surface area (Å²) in [5.41, 5.74) is -0.177. The van der Waals surface area contributed by atoms with Crippen molar-refractivity contribution in [1.82, 2.24) is 9.88 Å². The van der Waals surface area contributed by atoms with Crippen molar-refractivity contribution in [3.63, 3.8) is 0 Å². The summed E-state index contributed by atoms with van der Waals surface area (Å²) in [6, 6.07) is 3.33. The largest absolute Gasteiger partial charge is 0.466 e. The predicted molar refractivity (Wildman–Crippen MR) is 106 cm³/mol. The van der Waals surface area contributed by atoms with Crippen molar-refractivity contribution >= 4 is 23.2 Å². The summed E-state index contributed by atoms with van der Waals surface area (Å²) in [6.45, 7) is 6.14. The number of ether oxygens (including phenoxy) is 1. The summed E-state index contributed by atoms with van der Waals surface area (Å²) in [6.07, 6.45) is 1.10. The average molecular weight is 422 g/mol. The highest BCUT2D eigenvalue weighted by Crippen LogP contribution is 2.37. The number of likely N-dealkylation sites (tertiary alicyclic amines) is 1. The van der Waals surface area contributed by atoms with Crippen LogP contribution in [-0.2, 0) is 16.0 Å². The van der Waals surface area contributed by atoms with Crippen molar-refractivity contribution < 1.29 is 23.1 Å². The third-order valence-electron chi connectivity index (χ3n) is 5.21. The van der Waals surface area contributed by atoms with E-state index in [0.29, 0.717) is 30.0 Å². The fourth-order valence-electron chi connectivity index (χ4n) is 3.88. The zero-order valence-corrected chi connectivity index (χ0v) is 17.6. The molecule has 1 unspecified atom stereocenters. The number of carbonyl (C=O) groups is 2. The Morgan fingerprint density at radius 2 is 2.07 bits per heavy atom. The number of carbonyl (C=O) groups excluding carboxylic acids is 2. The van der Waals surface area contributed by atoms with E-state index in [1.807, 2.05) is 6.92 Å². The number of esters is 1. The maximum Gasteiger partial charge on any atom is 0.314 e. The van der Waals surface area contributed by atoms with E-state index in [9.17, 15) is 18.4 Å². The highest BCUT2D eigenvalue weighted by Gasteiger charge is 2.45. The first kappa shape index (κ1) is 21.4. The van der Waals surface area contributed by atoms with Crippen LogP contribution in [0.5, 0.6) is 0 Å². The molecule has 0 aliphatic carbocycles. The molecule has 1 saturated heterocycles. The molecule has 0 N–H and O–H groups in total. The first-order valence-electron chi connectivity index (χ1n) is 9.60. The predicted octanol–water partition coefficient (Wildman–Crippen LogP) is 4.07. The van der Waals surface area contributed by atoms with Gasteiger partial charge in [0.1, 0.15) is 16.5 Å². The number of piperidine rings is 1. The molecule has 156 valence electrons. The number of hydrogen-bond acceptors (Lipinski definition) is 5. The number of aryl methyl sites for hydroxylation is 2. The molecule has 2 heterocycles. The SMILES string of the molecule is CCOC(=O)C1(Cc2ccc(F)cc2F)CCCN(C(=O)c2sc(C)nc2C)C1. The molecule has 3 rings (SSSR count). The zero-order chi connectivity index (χ0) is 21.2. The third kappa shape index (κ3) is 4.47. The molecule has 2 aromatic rings. The molecule has 1 amide bonds. The Labute approximate surface area is 172 Å². The molecule has 1 aromatic carbocycles. The van der Waals surface area contributed by atoms with Gasteiger partial charge in [-0.1, -0.05) is 6.07 Å². The molecule has 0 bridgehead atoms. The number of thiazole rings is 1. The summed E-state index contributed by atoms with van der Waals surface area (Å²) >= 11 is 1.32. The molecule has 1 aromatic heterocycles. The number of hydrogen-bond donors (Lipinski definition) is 0. The molecular weight excluding hydrogens is 398 g/mol. The Morgan fingerprint density at radius 3 is 2.69 bits per heavy atom.